The van der Waals surface area contributed by atoms with Crippen molar-refractivity contribution in [1.82, 2.24) is 4.90 Å². The Morgan fingerprint density at radius 2 is 1.79 bits per heavy atom. The number of rotatable bonds is 3. The Bertz CT molecular complexity index is 874. The van der Waals surface area contributed by atoms with Crippen molar-refractivity contribution in [2.45, 2.75) is 37.0 Å². The van der Waals surface area contributed by atoms with Gasteiger partial charge in [0, 0.05) is 19.0 Å². The molecule has 1 saturated heterocycles. The molecule has 2 heterocycles. The smallest absolute Gasteiger partial charge is 0.233 e. The number of hydrogen-bond donors (Lipinski definition) is 1. The number of likely N-dealkylation sites (tertiary alicyclic amines) is 1. The van der Waals surface area contributed by atoms with Gasteiger partial charge in [0.15, 0.2) is 0 Å². The lowest BCUT2D eigenvalue weighted by molar-refractivity contribution is -0.137. The number of para-hydroxylation sites is 1. The average molecular weight is 377 g/mol. The molecule has 28 heavy (non-hydrogen) atoms. The van der Waals surface area contributed by atoms with Gasteiger partial charge >= 0.3 is 0 Å². The van der Waals surface area contributed by atoms with Crippen LogP contribution in [0.15, 0.2) is 54.6 Å². The molecule has 4 heteroatoms. The standard InChI is InChI=1S/C24H27NO3/c26-16-23-15-25(14-20(23)19-10-4-5-11-21(19)28-17-23)22(27)24(12-6-7-13-24)18-8-2-1-3-9-18/h1-5,8-11,20,26H,6-7,12-17H2/t20-,23-/m0/s1. The Labute approximate surface area is 166 Å². The highest BCUT2D eigenvalue weighted by Gasteiger charge is 2.55. The van der Waals surface area contributed by atoms with E-state index in [-0.39, 0.29) is 18.4 Å². The fourth-order valence-electron chi connectivity index (χ4n) is 5.69. The number of amides is 1. The monoisotopic (exact) mass is 377 g/mol. The van der Waals surface area contributed by atoms with Crippen LogP contribution in [-0.2, 0) is 10.2 Å². The van der Waals surface area contributed by atoms with Gasteiger partial charge in [0.25, 0.3) is 0 Å². The predicted molar refractivity (Wildman–Crippen MR) is 107 cm³/mol. The van der Waals surface area contributed by atoms with Gasteiger partial charge in [-0.2, -0.15) is 0 Å². The first-order valence-electron chi connectivity index (χ1n) is 10.4. The summed E-state index contributed by atoms with van der Waals surface area (Å²) in [5, 5.41) is 10.3. The fraction of sp³-hybridized carbons (Fsp3) is 0.458. The molecule has 146 valence electrons. The van der Waals surface area contributed by atoms with E-state index >= 15 is 0 Å². The minimum absolute atomic E-state index is 0.0358. The quantitative estimate of drug-likeness (QED) is 0.891. The molecule has 1 amide bonds. The molecule has 5 rings (SSSR count). The molecule has 0 spiro atoms. The number of fused-ring (bicyclic) bond motifs is 3. The molecule has 0 bridgehead atoms. The highest BCUT2D eigenvalue weighted by molar-refractivity contribution is 5.89. The third-order valence-electron chi connectivity index (χ3n) is 7.25. The van der Waals surface area contributed by atoms with Crippen molar-refractivity contribution >= 4 is 5.91 Å². The molecular weight excluding hydrogens is 350 g/mol. The molecule has 2 aliphatic heterocycles. The second-order valence-corrected chi connectivity index (χ2v) is 8.74. The number of hydrogen-bond acceptors (Lipinski definition) is 3. The summed E-state index contributed by atoms with van der Waals surface area (Å²) < 4.78 is 6.00. The molecule has 1 N–H and O–H groups in total. The van der Waals surface area contributed by atoms with Gasteiger partial charge in [-0.3, -0.25) is 4.79 Å². The van der Waals surface area contributed by atoms with Gasteiger partial charge in [-0.25, -0.2) is 0 Å². The first-order valence-corrected chi connectivity index (χ1v) is 10.4. The van der Waals surface area contributed by atoms with Crippen LogP contribution in [0.25, 0.3) is 0 Å². The normalized spacial score (nSPS) is 27.8. The maximum atomic E-state index is 13.9. The third kappa shape index (κ3) is 2.51. The van der Waals surface area contributed by atoms with Gasteiger partial charge in [-0.05, 0) is 30.0 Å². The second-order valence-electron chi connectivity index (χ2n) is 8.74. The van der Waals surface area contributed by atoms with Crippen LogP contribution in [0.1, 0.15) is 42.7 Å². The van der Waals surface area contributed by atoms with Gasteiger partial charge < -0.3 is 14.7 Å². The van der Waals surface area contributed by atoms with E-state index < -0.39 is 10.8 Å². The molecule has 3 aliphatic rings. The topological polar surface area (TPSA) is 49.8 Å². The predicted octanol–water partition coefficient (Wildman–Crippen LogP) is 3.50. The van der Waals surface area contributed by atoms with Crippen LogP contribution in [0, 0.1) is 5.41 Å². The Balaban J connectivity index is 1.50. The maximum Gasteiger partial charge on any atom is 0.233 e. The number of aliphatic hydroxyl groups is 1. The van der Waals surface area contributed by atoms with Crippen molar-refractivity contribution in [2.24, 2.45) is 5.41 Å². The minimum Gasteiger partial charge on any atom is -0.493 e. The first kappa shape index (κ1) is 17.7. The van der Waals surface area contributed by atoms with E-state index in [1.54, 1.807) is 0 Å². The Morgan fingerprint density at radius 3 is 2.54 bits per heavy atom. The van der Waals surface area contributed by atoms with Crippen molar-refractivity contribution in [3.05, 3.63) is 65.7 Å². The number of aliphatic hydroxyl groups excluding tert-OH is 1. The Hall–Kier alpha value is -2.33. The van der Waals surface area contributed by atoms with E-state index in [0.717, 1.165) is 42.6 Å². The summed E-state index contributed by atoms with van der Waals surface area (Å²) in [5.74, 6) is 1.25. The van der Waals surface area contributed by atoms with E-state index in [0.29, 0.717) is 19.7 Å². The fourth-order valence-corrected chi connectivity index (χ4v) is 5.69. The maximum absolute atomic E-state index is 13.9. The molecule has 2 aromatic carbocycles. The van der Waals surface area contributed by atoms with Crippen LogP contribution in [-0.4, -0.2) is 42.2 Å². The molecular formula is C24H27NO3. The van der Waals surface area contributed by atoms with E-state index in [1.165, 1.54) is 0 Å². The third-order valence-corrected chi connectivity index (χ3v) is 7.25. The lowest BCUT2D eigenvalue weighted by atomic mass is 9.74. The molecule has 0 radical (unpaired) electrons. The Kier molecular flexibility index (Phi) is 4.20. The van der Waals surface area contributed by atoms with E-state index in [2.05, 4.69) is 18.2 Å². The van der Waals surface area contributed by atoms with Crippen molar-refractivity contribution in [3.63, 3.8) is 0 Å². The largest absolute Gasteiger partial charge is 0.493 e. The van der Waals surface area contributed by atoms with Crippen LogP contribution in [0.4, 0.5) is 0 Å². The number of carbonyl (C=O) groups excluding carboxylic acids is 1. The second kappa shape index (κ2) is 6.63. The summed E-state index contributed by atoms with van der Waals surface area (Å²) in [4.78, 5) is 15.9. The van der Waals surface area contributed by atoms with Crippen molar-refractivity contribution in [3.8, 4) is 5.75 Å². The first-order chi connectivity index (χ1) is 13.7. The number of benzene rings is 2. The summed E-state index contributed by atoms with van der Waals surface area (Å²) in [7, 11) is 0. The summed E-state index contributed by atoms with van der Waals surface area (Å²) in [6, 6.07) is 18.4. The number of carbonyl (C=O) groups is 1. The summed E-state index contributed by atoms with van der Waals surface area (Å²) in [6.45, 7) is 1.73. The van der Waals surface area contributed by atoms with Gasteiger partial charge in [-0.15, -0.1) is 0 Å². The van der Waals surface area contributed by atoms with E-state index in [1.807, 2.05) is 41.3 Å². The van der Waals surface area contributed by atoms with Gasteiger partial charge in [-0.1, -0.05) is 61.4 Å². The van der Waals surface area contributed by atoms with Crippen LogP contribution in [0.5, 0.6) is 5.75 Å². The number of ether oxygens (including phenoxy) is 1. The van der Waals surface area contributed by atoms with Gasteiger partial charge in [0.1, 0.15) is 5.75 Å². The molecule has 2 fully saturated rings. The lowest BCUT2D eigenvalue weighted by Gasteiger charge is -2.38. The van der Waals surface area contributed by atoms with Crippen LogP contribution in [0.2, 0.25) is 0 Å². The number of nitrogens with zero attached hydrogens (tertiary/aromatic N) is 1. The molecule has 0 aromatic heterocycles. The van der Waals surface area contributed by atoms with Crippen molar-refractivity contribution in [2.75, 3.05) is 26.3 Å². The summed E-state index contributed by atoms with van der Waals surface area (Å²) in [6.07, 6.45) is 4.01. The summed E-state index contributed by atoms with van der Waals surface area (Å²) >= 11 is 0. The van der Waals surface area contributed by atoms with E-state index in [4.69, 9.17) is 4.74 Å². The van der Waals surface area contributed by atoms with Crippen LogP contribution >= 0.6 is 0 Å². The zero-order valence-corrected chi connectivity index (χ0v) is 16.1. The SMILES string of the molecule is O=C(N1C[C@H]2c3ccccc3OC[C@@]2(CO)C1)C1(c2ccccc2)CCCC1. The van der Waals surface area contributed by atoms with Gasteiger partial charge in [0.05, 0.1) is 24.0 Å². The zero-order valence-electron chi connectivity index (χ0n) is 16.1. The van der Waals surface area contributed by atoms with Crippen molar-refractivity contribution < 1.29 is 14.6 Å². The Morgan fingerprint density at radius 1 is 1.07 bits per heavy atom. The molecule has 1 saturated carbocycles. The molecule has 2 atom stereocenters. The zero-order chi connectivity index (χ0) is 19.2. The molecule has 0 unspecified atom stereocenters. The highest BCUT2D eigenvalue weighted by Crippen LogP contribution is 2.51. The van der Waals surface area contributed by atoms with Crippen LogP contribution < -0.4 is 4.74 Å². The highest BCUT2D eigenvalue weighted by atomic mass is 16.5. The minimum atomic E-state index is -0.411. The average Bonchev–Trinajstić information content (AvgIpc) is 3.40. The molecule has 1 aliphatic carbocycles. The van der Waals surface area contributed by atoms with Crippen molar-refractivity contribution in [1.29, 1.82) is 0 Å². The summed E-state index contributed by atoms with van der Waals surface area (Å²) in [5.41, 5.74) is 1.45. The molecule has 4 nitrogen and oxygen atoms in total. The lowest BCUT2D eigenvalue weighted by Crippen LogP contribution is -2.46. The van der Waals surface area contributed by atoms with Crippen LogP contribution in [0.3, 0.4) is 0 Å². The van der Waals surface area contributed by atoms with E-state index in [9.17, 15) is 9.90 Å². The van der Waals surface area contributed by atoms with Gasteiger partial charge in [0.2, 0.25) is 5.91 Å². The molecule has 2 aromatic rings.